The van der Waals surface area contributed by atoms with Crippen molar-refractivity contribution < 1.29 is 9.90 Å². The largest absolute Gasteiger partial charge is 0.396 e. The first-order valence-electron chi connectivity index (χ1n) is 5.48. The highest BCUT2D eigenvalue weighted by molar-refractivity contribution is 5.91. The van der Waals surface area contributed by atoms with Crippen LogP contribution in [-0.4, -0.2) is 45.7 Å². The minimum Gasteiger partial charge on any atom is -0.396 e. The number of nitrogens with two attached hydrogens (primary N) is 1. The summed E-state index contributed by atoms with van der Waals surface area (Å²) in [6.45, 7) is 5.08. The molecule has 0 spiro atoms. The van der Waals surface area contributed by atoms with E-state index in [1.807, 2.05) is 13.8 Å². The SMILES string of the molecule is CC(C)(CO)CNC(=O)c1cn(CCN)nn1. The van der Waals surface area contributed by atoms with Gasteiger partial charge in [-0.2, -0.15) is 0 Å². The first-order chi connectivity index (χ1) is 7.98. The van der Waals surface area contributed by atoms with E-state index in [-0.39, 0.29) is 23.6 Å². The molecule has 0 aliphatic rings. The summed E-state index contributed by atoms with van der Waals surface area (Å²) in [7, 11) is 0. The van der Waals surface area contributed by atoms with Crippen molar-refractivity contribution in [3.8, 4) is 0 Å². The predicted octanol–water partition coefficient (Wildman–Crippen LogP) is -1.01. The second-order valence-corrected chi connectivity index (χ2v) is 4.66. The Kier molecular flexibility index (Phi) is 4.59. The minimum absolute atomic E-state index is 0.00709. The van der Waals surface area contributed by atoms with E-state index in [1.165, 1.54) is 4.68 Å². The quantitative estimate of drug-likeness (QED) is 0.591. The summed E-state index contributed by atoms with van der Waals surface area (Å²) in [5, 5.41) is 19.3. The van der Waals surface area contributed by atoms with Crippen LogP contribution < -0.4 is 11.1 Å². The van der Waals surface area contributed by atoms with Gasteiger partial charge in [-0.25, -0.2) is 0 Å². The molecule has 0 unspecified atom stereocenters. The number of aliphatic hydroxyl groups excluding tert-OH is 1. The van der Waals surface area contributed by atoms with Gasteiger partial charge in [0.25, 0.3) is 5.91 Å². The maximum Gasteiger partial charge on any atom is 0.273 e. The lowest BCUT2D eigenvalue weighted by atomic mass is 9.95. The molecule has 0 saturated carbocycles. The third-order valence-corrected chi connectivity index (χ3v) is 2.29. The zero-order chi connectivity index (χ0) is 12.9. The van der Waals surface area contributed by atoms with E-state index >= 15 is 0 Å². The van der Waals surface area contributed by atoms with Gasteiger partial charge in [0, 0.05) is 25.1 Å². The lowest BCUT2D eigenvalue weighted by Crippen LogP contribution is -2.36. The number of hydrogen-bond acceptors (Lipinski definition) is 5. The van der Waals surface area contributed by atoms with E-state index in [9.17, 15) is 4.79 Å². The van der Waals surface area contributed by atoms with Crippen LogP contribution >= 0.6 is 0 Å². The summed E-state index contributed by atoms with van der Waals surface area (Å²) >= 11 is 0. The van der Waals surface area contributed by atoms with Crippen molar-refractivity contribution in [3.05, 3.63) is 11.9 Å². The van der Waals surface area contributed by atoms with Crippen LogP contribution in [0.15, 0.2) is 6.20 Å². The van der Waals surface area contributed by atoms with Gasteiger partial charge in [-0.1, -0.05) is 19.1 Å². The van der Waals surface area contributed by atoms with Gasteiger partial charge in [0.1, 0.15) is 0 Å². The molecule has 1 aromatic rings. The monoisotopic (exact) mass is 241 g/mol. The van der Waals surface area contributed by atoms with Gasteiger partial charge in [-0.15, -0.1) is 5.10 Å². The Morgan fingerprint density at radius 2 is 2.35 bits per heavy atom. The lowest BCUT2D eigenvalue weighted by Gasteiger charge is -2.21. The lowest BCUT2D eigenvalue weighted by molar-refractivity contribution is 0.0906. The van der Waals surface area contributed by atoms with Crippen molar-refractivity contribution >= 4 is 5.91 Å². The summed E-state index contributed by atoms with van der Waals surface area (Å²) in [4.78, 5) is 11.7. The van der Waals surface area contributed by atoms with Crippen molar-refractivity contribution in [3.63, 3.8) is 0 Å². The molecule has 0 saturated heterocycles. The maximum absolute atomic E-state index is 11.7. The number of carbonyl (C=O) groups excluding carboxylic acids is 1. The van der Waals surface area contributed by atoms with Crippen molar-refractivity contribution in [1.82, 2.24) is 20.3 Å². The zero-order valence-electron chi connectivity index (χ0n) is 10.2. The van der Waals surface area contributed by atoms with Crippen LogP contribution in [0, 0.1) is 5.41 Å². The van der Waals surface area contributed by atoms with Crippen LogP contribution in [-0.2, 0) is 6.54 Å². The number of amides is 1. The fraction of sp³-hybridized carbons (Fsp3) is 0.700. The average Bonchev–Trinajstić information content (AvgIpc) is 2.75. The molecule has 0 bridgehead atoms. The highest BCUT2D eigenvalue weighted by Gasteiger charge is 2.19. The standard InChI is InChI=1S/C10H19N5O2/c1-10(2,7-16)6-12-9(17)8-5-15(4-3-11)14-13-8/h5,16H,3-4,6-7,11H2,1-2H3,(H,12,17). The van der Waals surface area contributed by atoms with Crippen LogP contribution in [0.3, 0.4) is 0 Å². The van der Waals surface area contributed by atoms with E-state index in [0.717, 1.165) is 0 Å². The van der Waals surface area contributed by atoms with Gasteiger partial charge in [0.2, 0.25) is 0 Å². The number of nitrogens with one attached hydrogen (secondary N) is 1. The van der Waals surface area contributed by atoms with Crippen molar-refractivity contribution in [1.29, 1.82) is 0 Å². The van der Waals surface area contributed by atoms with Gasteiger partial charge in [-0.05, 0) is 0 Å². The summed E-state index contributed by atoms with van der Waals surface area (Å²) in [6, 6.07) is 0. The summed E-state index contributed by atoms with van der Waals surface area (Å²) in [5.41, 5.74) is 5.28. The molecule has 7 heteroatoms. The van der Waals surface area contributed by atoms with Crippen LogP contribution in [0.4, 0.5) is 0 Å². The topological polar surface area (TPSA) is 106 Å². The fourth-order valence-corrected chi connectivity index (χ4v) is 1.11. The molecule has 0 radical (unpaired) electrons. The molecular formula is C10H19N5O2. The Morgan fingerprint density at radius 3 is 2.94 bits per heavy atom. The fourth-order valence-electron chi connectivity index (χ4n) is 1.11. The Labute approximate surface area is 100.0 Å². The van der Waals surface area contributed by atoms with Gasteiger partial charge in [0.05, 0.1) is 12.7 Å². The molecule has 4 N–H and O–H groups in total. The van der Waals surface area contributed by atoms with Gasteiger partial charge >= 0.3 is 0 Å². The van der Waals surface area contributed by atoms with Crippen molar-refractivity contribution in [2.45, 2.75) is 20.4 Å². The van der Waals surface area contributed by atoms with Crippen molar-refractivity contribution in [2.75, 3.05) is 19.7 Å². The normalized spacial score (nSPS) is 11.5. The van der Waals surface area contributed by atoms with E-state index in [4.69, 9.17) is 10.8 Å². The Hall–Kier alpha value is -1.47. The van der Waals surface area contributed by atoms with Crippen LogP contribution in [0.2, 0.25) is 0 Å². The number of aromatic nitrogens is 3. The predicted molar refractivity (Wildman–Crippen MR) is 62.3 cm³/mol. The first-order valence-corrected chi connectivity index (χ1v) is 5.48. The Bertz CT molecular complexity index is 375. The molecule has 96 valence electrons. The molecule has 0 fully saturated rings. The van der Waals surface area contributed by atoms with Crippen LogP contribution in [0.1, 0.15) is 24.3 Å². The number of aliphatic hydroxyl groups is 1. The minimum atomic E-state index is -0.344. The third-order valence-electron chi connectivity index (χ3n) is 2.29. The molecule has 0 aromatic carbocycles. The molecule has 1 aromatic heterocycles. The van der Waals surface area contributed by atoms with Gasteiger partial charge < -0.3 is 16.2 Å². The third kappa shape index (κ3) is 4.12. The summed E-state index contributed by atoms with van der Waals surface area (Å²) in [6.07, 6.45) is 1.55. The molecule has 1 heterocycles. The molecule has 17 heavy (non-hydrogen) atoms. The first kappa shape index (κ1) is 13.6. The van der Waals surface area contributed by atoms with Gasteiger partial charge in [0.15, 0.2) is 5.69 Å². The molecule has 1 amide bonds. The molecule has 7 nitrogen and oxygen atoms in total. The second-order valence-electron chi connectivity index (χ2n) is 4.66. The molecule has 0 atom stereocenters. The number of carbonyl (C=O) groups is 1. The Morgan fingerprint density at radius 1 is 1.65 bits per heavy atom. The molecule has 1 rings (SSSR count). The number of nitrogens with zero attached hydrogens (tertiary/aromatic N) is 3. The highest BCUT2D eigenvalue weighted by Crippen LogP contribution is 2.11. The number of rotatable bonds is 6. The zero-order valence-corrected chi connectivity index (χ0v) is 10.2. The van der Waals surface area contributed by atoms with Crippen molar-refractivity contribution in [2.24, 2.45) is 11.1 Å². The maximum atomic E-state index is 11.7. The van der Waals surface area contributed by atoms with Crippen LogP contribution in [0.25, 0.3) is 0 Å². The average molecular weight is 241 g/mol. The Balaban J connectivity index is 2.52. The second kappa shape index (κ2) is 5.74. The van der Waals surface area contributed by atoms with E-state index in [0.29, 0.717) is 19.6 Å². The summed E-state index contributed by atoms with van der Waals surface area (Å²) < 4.78 is 1.52. The molecular weight excluding hydrogens is 222 g/mol. The van der Waals surface area contributed by atoms with E-state index < -0.39 is 0 Å². The van der Waals surface area contributed by atoms with E-state index in [1.54, 1.807) is 6.20 Å². The molecule has 0 aliphatic heterocycles. The van der Waals surface area contributed by atoms with Crippen LogP contribution in [0.5, 0.6) is 0 Å². The van der Waals surface area contributed by atoms with Gasteiger partial charge in [-0.3, -0.25) is 9.48 Å². The smallest absolute Gasteiger partial charge is 0.273 e. The van der Waals surface area contributed by atoms with E-state index in [2.05, 4.69) is 15.6 Å². The number of hydrogen-bond donors (Lipinski definition) is 3. The molecule has 0 aliphatic carbocycles. The summed E-state index contributed by atoms with van der Waals surface area (Å²) in [5.74, 6) is -0.296. The highest BCUT2D eigenvalue weighted by atomic mass is 16.3.